The molecular formula is C6H9N3O. The van der Waals surface area contributed by atoms with Crippen LogP contribution in [0, 0.1) is 0 Å². The van der Waals surface area contributed by atoms with Crippen molar-refractivity contribution in [3.63, 3.8) is 0 Å². The second-order valence-electron chi connectivity index (χ2n) is 2.01. The van der Waals surface area contributed by atoms with E-state index in [1.807, 2.05) is 0 Å². The zero-order valence-electron chi connectivity index (χ0n) is 5.66. The topological polar surface area (TPSA) is 60.1 Å². The number of hydrogen-bond acceptors (Lipinski definition) is 3. The number of pyridine rings is 1. The van der Waals surface area contributed by atoms with Gasteiger partial charge in [-0.1, -0.05) is 0 Å². The van der Waals surface area contributed by atoms with Gasteiger partial charge in [0.1, 0.15) is 0 Å². The predicted octanol–water partition coefficient (Wildman–Crippen LogP) is -0.329. The summed E-state index contributed by atoms with van der Waals surface area (Å²) in [6.45, 7) is 0. The second-order valence-corrected chi connectivity index (χ2v) is 2.01. The van der Waals surface area contributed by atoms with E-state index in [9.17, 15) is 4.79 Å². The third-order valence-electron chi connectivity index (χ3n) is 1.27. The number of nitrogens with two attached hydrogens (primary N) is 1. The molecule has 0 aliphatic heterocycles. The van der Waals surface area contributed by atoms with Crippen LogP contribution in [0.15, 0.2) is 23.1 Å². The molecule has 54 valence electrons. The summed E-state index contributed by atoms with van der Waals surface area (Å²) in [4.78, 5) is 10.9. The van der Waals surface area contributed by atoms with Crippen LogP contribution in [0.1, 0.15) is 0 Å². The molecule has 0 unspecified atom stereocenters. The fourth-order valence-corrected chi connectivity index (χ4v) is 0.638. The van der Waals surface area contributed by atoms with Gasteiger partial charge in [-0.2, -0.15) is 0 Å². The maximum atomic E-state index is 10.9. The number of aryl methyl sites for hydroxylation is 1. The number of hydrazine groups is 1. The van der Waals surface area contributed by atoms with Crippen molar-refractivity contribution in [2.24, 2.45) is 12.9 Å². The van der Waals surface area contributed by atoms with Crippen LogP contribution in [0.4, 0.5) is 5.69 Å². The molecule has 0 bridgehead atoms. The zero-order chi connectivity index (χ0) is 7.56. The molecule has 3 N–H and O–H groups in total. The average molecular weight is 139 g/mol. The highest BCUT2D eigenvalue weighted by atomic mass is 16.1. The second kappa shape index (κ2) is 2.53. The van der Waals surface area contributed by atoms with Crippen molar-refractivity contribution in [1.29, 1.82) is 0 Å². The van der Waals surface area contributed by atoms with Crippen LogP contribution in [-0.2, 0) is 7.05 Å². The van der Waals surface area contributed by atoms with Crippen molar-refractivity contribution in [2.75, 3.05) is 5.43 Å². The summed E-state index contributed by atoms with van der Waals surface area (Å²) in [6, 6.07) is 3.15. The van der Waals surface area contributed by atoms with Gasteiger partial charge in [0.2, 0.25) is 0 Å². The molecular weight excluding hydrogens is 130 g/mol. The van der Waals surface area contributed by atoms with Gasteiger partial charge >= 0.3 is 0 Å². The van der Waals surface area contributed by atoms with Crippen molar-refractivity contribution in [3.05, 3.63) is 28.7 Å². The zero-order valence-corrected chi connectivity index (χ0v) is 5.66. The largest absolute Gasteiger partial charge is 0.324 e. The highest BCUT2D eigenvalue weighted by molar-refractivity contribution is 5.39. The van der Waals surface area contributed by atoms with Gasteiger partial charge in [-0.25, -0.2) is 0 Å². The highest BCUT2D eigenvalue weighted by Gasteiger charge is 1.90. The summed E-state index contributed by atoms with van der Waals surface area (Å²) in [5.41, 5.74) is 2.94. The van der Waals surface area contributed by atoms with Crippen LogP contribution >= 0.6 is 0 Å². The lowest BCUT2D eigenvalue weighted by Crippen LogP contribution is -2.17. The molecule has 0 fully saturated rings. The first kappa shape index (κ1) is 6.82. The highest BCUT2D eigenvalue weighted by Crippen LogP contribution is 1.96. The van der Waals surface area contributed by atoms with E-state index in [0.29, 0.717) is 5.69 Å². The predicted molar refractivity (Wildman–Crippen MR) is 39.5 cm³/mol. The molecule has 1 rings (SSSR count). The lowest BCUT2D eigenvalue weighted by Gasteiger charge is -1.99. The lowest BCUT2D eigenvalue weighted by molar-refractivity contribution is 0.860. The molecule has 0 spiro atoms. The minimum atomic E-state index is -0.0737. The molecule has 0 amide bonds. The smallest absolute Gasteiger partial charge is 0.252 e. The van der Waals surface area contributed by atoms with E-state index < -0.39 is 0 Å². The number of nitrogens with one attached hydrogen (secondary N) is 1. The Balaban J connectivity index is 3.17. The van der Waals surface area contributed by atoms with Gasteiger partial charge in [0.15, 0.2) is 0 Å². The standard InChI is InChI=1S/C6H9N3O/c1-9-3-2-5(8-7)4-6(9)10/h2-4,8H,7H2,1H3. The molecule has 0 atom stereocenters. The molecule has 1 aromatic heterocycles. The summed E-state index contributed by atoms with van der Waals surface area (Å²) in [6.07, 6.45) is 1.65. The monoisotopic (exact) mass is 139 g/mol. The van der Waals surface area contributed by atoms with Gasteiger partial charge in [-0.3, -0.25) is 10.6 Å². The summed E-state index contributed by atoms with van der Waals surface area (Å²) in [5, 5.41) is 0. The van der Waals surface area contributed by atoms with E-state index >= 15 is 0 Å². The number of aromatic nitrogens is 1. The van der Waals surface area contributed by atoms with E-state index in [4.69, 9.17) is 5.84 Å². The Morgan fingerprint density at radius 3 is 2.90 bits per heavy atom. The van der Waals surface area contributed by atoms with E-state index in [1.54, 1.807) is 19.3 Å². The van der Waals surface area contributed by atoms with Crippen molar-refractivity contribution in [3.8, 4) is 0 Å². The van der Waals surface area contributed by atoms with Crippen LogP contribution in [0.3, 0.4) is 0 Å². The fraction of sp³-hybridized carbons (Fsp3) is 0.167. The summed E-state index contributed by atoms with van der Waals surface area (Å²) in [5.74, 6) is 5.07. The molecule has 0 saturated carbocycles. The first-order valence-electron chi connectivity index (χ1n) is 2.87. The first-order chi connectivity index (χ1) is 4.74. The van der Waals surface area contributed by atoms with Crippen molar-refractivity contribution in [1.82, 2.24) is 4.57 Å². The van der Waals surface area contributed by atoms with Gasteiger partial charge < -0.3 is 9.99 Å². The molecule has 4 heteroatoms. The maximum Gasteiger partial charge on any atom is 0.252 e. The summed E-state index contributed by atoms with van der Waals surface area (Å²) >= 11 is 0. The number of rotatable bonds is 1. The minimum absolute atomic E-state index is 0.0737. The van der Waals surface area contributed by atoms with Crippen LogP contribution in [-0.4, -0.2) is 4.57 Å². The molecule has 0 saturated heterocycles. The van der Waals surface area contributed by atoms with Crippen LogP contribution in [0.5, 0.6) is 0 Å². The van der Waals surface area contributed by atoms with Crippen LogP contribution in [0.25, 0.3) is 0 Å². The van der Waals surface area contributed by atoms with E-state index in [-0.39, 0.29) is 5.56 Å². The van der Waals surface area contributed by atoms with E-state index in [1.165, 1.54) is 10.6 Å². The molecule has 10 heavy (non-hydrogen) atoms. The van der Waals surface area contributed by atoms with Gasteiger partial charge in [-0.05, 0) is 6.07 Å². The number of hydrogen-bond donors (Lipinski definition) is 2. The Kier molecular flexibility index (Phi) is 1.73. The Bertz CT molecular complexity index is 279. The Morgan fingerprint density at radius 1 is 1.70 bits per heavy atom. The number of anilines is 1. The van der Waals surface area contributed by atoms with Gasteiger partial charge in [0, 0.05) is 19.3 Å². The van der Waals surface area contributed by atoms with Crippen LogP contribution in [0.2, 0.25) is 0 Å². The van der Waals surface area contributed by atoms with Crippen molar-refractivity contribution < 1.29 is 0 Å². The Hall–Kier alpha value is -1.29. The quantitative estimate of drug-likeness (QED) is 0.413. The van der Waals surface area contributed by atoms with E-state index in [2.05, 4.69) is 5.43 Å². The molecule has 0 aromatic carbocycles. The van der Waals surface area contributed by atoms with Gasteiger partial charge in [0.05, 0.1) is 5.69 Å². The third-order valence-corrected chi connectivity index (χ3v) is 1.27. The molecule has 1 heterocycles. The third kappa shape index (κ3) is 1.16. The molecule has 0 aliphatic carbocycles. The minimum Gasteiger partial charge on any atom is -0.324 e. The summed E-state index contributed by atoms with van der Waals surface area (Å²) < 4.78 is 1.47. The molecule has 0 aliphatic rings. The molecule has 4 nitrogen and oxygen atoms in total. The average Bonchev–Trinajstić information content (AvgIpc) is 1.95. The number of nitrogens with zero attached hydrogens (tertiary/aromatic N) is 1. The Labute approximate surface area is 58.2 Å². The lowest BCUT2D eigenvalue weighted by atomic mass is 10.4. The SMILES string of the molecule is Cn1ccc(NN)cc1=O. The first-order valence-corrected chi connectivity index (χ1v) is 2.87. The molecule has 0 radical (unpaired) electrons. The van der Waals surface area contributed by atoms with Crippen LogP contribution < -0.4 is 16.8 Å². The van der Waals surface area contributed by atoms with Gasteiger partial charge in [0.25, 0.3) is 5.56 Å². The Morgan fingerprint density at radius 2 is 2.40 bits per heavy atom. The van der Waals surface area contributed by atoms with Gasteiger partial charge in [-0.15, -0.1) is 0 Å². The van der Waals surface area contributed by atoms with Crippen molar-refractivity contribution >= 4 is 5.69 Å². The fourth-order valence-electron chi connectivity index (χ4n) is 0.638. The summed E-state index contributed by atoms with van der Waals surface area (Å²) in [7, 11) is 1.68. The van der Waals surface area contributed by atoms with E-state index in [0.717, 1.165) is 0 Å². The maximum absolute atomic E-state index is 10.9. The van der Waals surface area contributed by atoms with Crippen molar-refractivity contribution in [2.45, 2.75) is 0 Å². The normalized spacial score (nSPS) is 9.40. The number of nitrogen functional groups attached to an aromatic ring is 1. The molecule has 1 aromatic rings.